The van der Waals surface area contributed by atoms with Crippen molar-refractivity contribution >= 4 is 11.6 Å². The predicted molar refractivity (Wildman–Crippen MR) is 64.8 cm³/mol. The van der Waals surface area contributed by atoms with Crippen LogP contribution in [0.3, 0.4) is 0 Å². The number of methoxy groups -OCH3 is 1. The van der Waals surface area contributed by atoms with Gasteiger partial charge in [0.05, 0.1) is 7.11 Å². The Bertz CT molecular complexity index is 339. The van der Waals surface area contributed by atoms with Crippen LogP contribution in [-0.4, -0.2) is 13.7 Å². The Hall–Kier alpha value is -0.730. The van der Waals surface area contributed by atoms with Crippen LogP contribution in [0.1, 0.15) is 30.4 Å². The molecule has 3 heteroatoms. The molecule has 0 bridgehead atoms. The largest absolute Gasteiger partial charge is 0.496 e. The molecule has 2 nitrogen and oxygen atoms in total. The van der Waals surface area contributed by atoms with Gasteiger partial charge in [-0.3, -0.25) is 0 Å². The zero-order valence-electron chi connectivity index (χ0n) is 9.51. The van der Waals surface area contributed by atoms with Crippen molar-refractivity contribution in [2.45, 2.75) is 26.2 Å². The van der Waals surface area contributed by atoms with Crippen molar-refractivity contribution in [1.29, 1.82) is 0 Å². The lowest BCUT2D eigenvalue weighted by molar-refractivity contribution is 0.402. The summed E-state index contributed by atoms with van der Waals surface area (Å²) in [5, 5.41) is 0.762. The summed E-state index contributed by atoms with van der Waals surface area (Å²) in [6.07, 6.45) is 0.916. The molecule has 15 heavy (non-hydrogen) atoms. The third-order valence-electron chi connectivity index (χ3n) is 2.64. The van der Waals surface area contributed by atoms with Gasteiger partial charge in [-0.25, -0.2) is 0 Å². The SMILES string of the molecule is COc1c(C)ccc(Cl)c1C(C)CCN. The minimum absolute atomic E-state index is 0.331. The monoisotopic (exact) mass is 227 g/mol. The van der Waals surface area contributed by atoms with Crippen LogP contribution in [0.5, 0.6) is 5.75 Å². The molecule has 0 amide bonds. The van der Waals surface area contributed by atoms with Crippen molar-refractivity contribution in [3.8, 4) is 5.75 Å². The fourth-order valence-electron chi connectivity index (χ4n) is 1.81. The molecule has 0 saturated carbocycles. The molecular formula is C12H18ClNO. The van der Waals surface area contributed by atoms with E-state index in [9.17, 15) is 0 Å². The number of ether oxygens (including phenoxy) is 1. The van der Waals surface area contributed by atoms with Crippen molar-refractivity contribution in [3.05, 3.63) is 28.3 Å². The molecule has 0 saturated heterocycles. The lowest BCUT2D eigenvalue weighted by Crippen LogP contribution is -2.07. The average molecular weight is 228 g/mol. The highest BCUT2D eigenvalue weighted by Crippen LogP contribution is 2.36. The van der Waals surface area contributed by atoms with Crippen molar-refractivity contribution < 1.29 is 4.74 Å². The van der Waals surface area contributed by atoms with E-state index < -0.39 is 0 Å². The molecule has 0 fully saturated rings. The maximum Gasteiger partial charge on any atom is 0.126 e. The molecule has 1 atom stereocenters. The van der Waals surface area contributed by atoms with E-state index in [-0.39, 0.29) is 0 Å². The Kier molecular flexibility index (Phi) is 4.43. The van der Waals surface area contributed by atoms with E-state index in [0.29, 0.717) is 12.5 Å². The van der Waals surface area contributed by atoms with E-state index >= 15 is 0 Å². The molecule has 1 unspecified atom stereocenters. The summed E-state index contributed by atoms with van der Waals surface area (Å²) in [6, 6.07) is 3.89. The van der Waals surface area contributed by atoms with Crippen LogP contribution in [0, 0.1) is 6.92 Å². The Morgan fingerprint density at radius 1 is 1.47 bits per heavy atom. The highest BCUT2D eigenvalue weighted by molar-refractivity contribution is 6.31. The van der Waals surface area contributed by atoms with Crippen molar-refractivity contribution in [1.82, 2.24) is 0 Å². The molecule has 0 radical (unpaired) electrons. The van der Waals surface area contributed by atoms with E-state index in [1.165, 1.54) is 0 Å². The first-order chi connectivity index (χ1) is 7.11. The molecule has 1 rings (SSSR count). The van der Waals surface area contributed by atoms with Gasteiger partial charge in [0, 0.05) is 10.6 Å². The van der Waals surface area contributed by atoms with Gasteiger partial charge in [0.1, 0.15) is 5.75 Å². The van der Waals surface area contributed by atoms with Crippen LogP contribution in [-0.2, 0) is 0 Å². The molecule has 0 heterocycles. The fourth-order valence-corrected chi connectivity index (χ4v) is 2.14. The number of nitrogens with two attached hydrogens (primary N) is 1. The van der Waals surface area contributed by atoms with Gasteiger partial charge < -0.3 is 10.5 Å². The Labute approximate surface area is 96.4 Å². The Morgan fingerprint density at radius 2 is 2.13 bits per heavy atom. The molecule has 0 aliphatic rings. The minimum atomic E-state index is 0.331. The van der Waals surface area contributed by atoms with Gasteiger partial charge in [-0.05, 0) is 37.4 Å². The van der Waals surface area contributed by atoms with Gasteiger partial charge in [0.15, 0.2) is 0 Å². The third-order valence-corrected chi connectivity index (χ3v) is 2.97. The summed E-state index contributed by atoms with van der Waals surface area (Å²) in [5.74, 6) is 1.22. The predicted octanol–water partition coefficient (Wildman–Crippen LogP) is 3.11. The smallest absolute Gasteiger partial charge is 0.126 e. The van der Waals surface area contributed by atoms with Gasteiger partial charge in [0.2, 0.25) is 0 Å². The van der Waals surface area contributed by atoms with Gasteiger partial charge in [-0.2, -0.15) is 0 Å². The second kappa shape index (κ2) is 5.38. The van der Waals surface area contributed by atoms with Crippen LogP contribution in [0.4, 0.5) is 0 Å². The molecule has 0 aliphatic carbocycles. The van der Waals surface area contributed by atoms with E-state index in [2.05, 4.69) is 6.92 Å². The summed E-state index contributed by atoms with van der Waals surface area (Å²) in [4.78, 5) is 0. The number of rotatable bonds is 4. The maximum absolute atomic E-state index is 6.19. The van der Waals surface area contributed by atoms with E-state index in [1.54, 1.807) is 7.11 Å². The lowest BCUT2D eigenvalue weighted by Gasteiger charge is -2.18. The van der Waals surface area contributed by atoms with Crippen molar-refractivity contribution in [2.75, 3.05) is 13.7 Å². The second-order valence-electron chi connectivity index (χ2n) is 3.79. The summed E-state index contributed by atoms with van der Waals surface area (Å²) < 4.78 is 5.40. The van der Waals surface area contributed by atoms with Gasteiger partial charge in [-0.15, -0.1) is 0 Å². The Balaban J connectivity index is 3.18. The van der Waals surface area contributed by atoms with E-state index in [4.69, 9.17) is 22.1 Å². The highest BCUT2D eigenvalue weighted by Gasteiger charge is 2.16. The molecule has 1 aromatic rings. The minimum Gasteiger partial charge on any atom is -0.496 e. The number of aryl methyl sites for hydroxylation is 1. The van der Waals surface area contributed by atoms with Gasteiger partial charge in [-0.1, -0.05) is 24.6 Å². The molecule has 1 aromatic carbocycles. The molecule has 0 aliphatic heterocycles. The topological polar surface area (TPSA) is 35.2 Å². The molecular weight excluding hydrogens is 210 g/mol. The lowest BCUT2D eigenvalue weighted by atomic mass is 9.95. The van der Waals surface area contributed by atoms with E-state index in [0.717, 1.165) is 28.3 Å². The summed E-state index contributed by atoms with van der Waals surface area (Å²) in [7, 11) is 1.68. The number of hydrogen-bond acceptors (Lipinski definition) is 2. The number of halogens is 1. The van der Waals surface area contributed by atoms with Crippen LogP contribution in [0.15, 0.2) is 12.1 Å². The summed E-state index contributed by atoms with van der Waals surface area (Å²) >= 11 is 6.19. The van der Waals surface area contributed by atoms with Crippen molar-refractivity contribution in [3.63, 3.8) is 0 Å². The zero-order valence-corrected chi connectivity index (χ0v) is 10.3. The molecule has 0 aromatic heterocycles. The van der Waals surface area contributed by atoms with Crippen molar-refractivity contribution in [2.24, 2.45) is 5.73 Å². The first kappa shape index (κ1) is 12.3. The third kappa shape index (κ3) is 2.64. The second-order valence-corrected chi connectivity index (χ2v) is 4.20. The van der Waals surface area contributed by atoms with Gasteiger partial charge >= 0.3 is 0 Å². The maximum atomic E-state index is 6.19. The first-order valence-corrected chi connectivity index (χ1v) is 5.52. The normalized spacial score (nSPS) is 12.6. The highest BCUT2D eigenvalue weighted by atomic mass is 35.5. The number of hydrogen-bond donors (Lipinski definition) is 1. The summed E-state index contributed by atoms with van der Waals surface area (Å²) in [5.41, 5.74) is 7.75. The van der Waals surface area contributed by atoms with Crippen LogP contribution >= 0.6 is 11.6 Å². The Morgan fingerprint density at radius 3 is 2.67 bits per heavy atom. The standard InChI is InChI=1S/C12H18ClNO/c1-8(6-7-14)11-10(13)5-4-9(2)12(11)15-3/h4-5,8H,6-7,14H2,1-3H3. The first-order valence-electron chi connectivity index (χ1n) is 5.14. The van der Waals surface area contributed by atoms with Gasteiger partial charge in [0.25, 0.3) is 0 Å². The molecule has 84 valence electrons. The van der Waals surface area contributed by atoms with E-state index in [1.807, 2.05) is 19.1 Å². The van der Waals surface area contributed by atoms with Crippen LogP contribution < -0.4 is 10.5 Å². The molecule has 2 N–H and O–H groups in total. The zero-order chi connectivity index (χ0) is 11.4. The number of benzene rings is 1. The molecule has 0 spiro atoms. The summed E-state index contributed by atoms with van der Waals surface area (Å²) in [6.45, 7) is 4.80. The quantitative estimate of drug-likeness (QED) is 0.858. The average Bonchev–Trinajstić information content (AvgIpc) is 2.21. The van der Waals surface area contributed by atoms with Crippen LogP contribution in [0.2, 0.25) is 5.02 Å². The fraction of sp³-hybridized carbons (Fsp3) is 0.500. The van der Waals surface area contributed by atoms with Crippen LogP contribution in [0.25, 0.3) is 0 Å².